The van der Waals surface area contributed by atoms with Crippen LogP contribution in [0.3, 0.4) is 0 Å². The van der Waals surface area contributed by atoms with E-state index in [0.29, 0.717) is 38.8 Å². The van der Waals surface area contributed by atoms with Crippen LogP contribution < -0.4 is 10.6 Å². The van der Waals surface area contributed by atoms with Gasteiger partial charge in [-0.1, -0.05) is 19.9 Å². The number of carboxylic acid groups (broad SMARTS) is 1. The highest BCUT2D eigenvalue weighted by atomic mass is 16.4. The summed E-state index contributed by atoms with van der Waals surface area (Å²) in [6.45, 7) is 10.5. The summed E-state index contributed by atoms with van der Waals surface area (Å²) in [5.74, 6) is -0.317. The zero-order chi connectivity index (χ0) is 25.8. The first-order valence-corrected chi connectivity index (χ1v) is 13.3. The Hall–Kier alpha value is -2.19. The van der Waals surface area contributed by atoms with Crippen LogP contribution in [0.2, 0.25) is 0 Å². The van der Waals surface area contributed by atoms with E-state index in [1.54, 1.807) is 13.8 Å². The van der Waals surface area contributed by atoms with Crippen LogP contribution in [-0.4, -0.2) is 69.8 Å². The molecule has 198 valence electrons. The van der Waals surface area contributed by atoms with Gasteiger partial charge in [-0.25, -0.2) is 9.78 Å². The SMILES string of the molecule is CCC(CC)C(=O)NC(CCN(CCCCc1ccc2c(n1)NCCC2)CCC(C)(C)O)C(=O)O. The van der Waals surface area contributed by atoms with Gasteiger partial charge in [0.1, 0.15) is 11.9 Å². The summed E-state index contributed by atoms with van der Waals surface area (Å²) < 4.78 is 0. The third-order valence-electron chi connectivity index (χ3n) is 6.85. The first-order valence-electron chi connectivity index (χ1n) is 13.3. The number of unbranched alkanes of at least 4 members (excludes halogenated alkanes) is 1. The third-order valence-corrected chi connectivity index (χ3v) is 6.85. The van der Waals surface area contributed by atoms with Gasteiger partial charge in [-0.05, 0) is 89.8 Å². The number of carbonyl (C=O) groups is 2. The summed E-state index contributed by atoms with van der Waals surface area (Å²) in [5.41, 5.74) is 1.60. The Labute approximate surface area is 210 Å². The monoisotopic (exact) mass is 490 g/mol. The number of carbonyl (C=O) groups excluding carboxylic acids is 1. The molecule has 8 nitrogen and oxygen atoms in total. The highest BCUT2D eigenvalue weighted by Crippen LogP contribution is 2.20. The van der Waals surface area contributed by atoms with Crippen LogP contribution in [0.15, 0.2) is 12.1 Å². The molecule has 0 fully saturated rings. The molecule has 2 heterocycles. The number of nitrogens with one attached hydrogen (secondary N) is 2. The standard InChI is InChI=1S/C27H46N4O4/c1-5-20(6-2)25(32)30-23(26(33)34)14-18-31(19-15-27(3,4)35)17-8-7-11-22-13-12-21-10-9-16-28-24(21)29-22/h12-13,20,23,35H,5-11,14-19H2,1-4H3,(H,28,29)(H,30,32)(H,33,34). The van der Waals surface area contributed by atoms with E-state index in [1.165, 1.54) is 5.56 Å². The number of nitrogens with zero attached hydrogens (tertiary/aromatic N) is 2. The van der Waals surface area contributed by atoms with Crippen LogP contribution in [0.25, 0.3) is 0 Å². The van der Waals surface area contributed by atoms with Gasteiger partial charge in [0.2, 0.25) is 5.91 Å². The van der Waals surface area contributed by atoms with Crippen LogP contribution in [0.1, 0.15) is 83.9 Å². The van der Waals surface area contributed by atoms with E-state index in [-0.39, 0.29) is 11.8 Å². The van der Waals surface area contributed by atoms with Crippen molar-refractivity contribution in [1.29, 1.82) is 0 Å². The van der Waals surface area contributed by atoms with Crippen molar-refractivity contribution in [2.45, 2.75) is 97.1 Å². The molecule has 1 amide bonds. The Kier molecular flexibility index (Phi) is 11.9. The van der Waals surface area contributed by atoms with Gasteiger partial charge < -0.3 is 25.7 Å². The molecule has 2 rings (SSSR count). The van der Waals surface area contributed by atoms with Crippen molar-refractivity contribution >= 4 is 17.7 Å². The number of amides is 1. The van der Waals surface area contributed by atoms with Crippen molar-refractivity contribution < 1.29 is 19.8 Å². The number of anilines is 1. The average Bonchev–Trinajstić information content (AvgIpc) is 2.81. The van der Waals surface area contributed by atoms with Crippen LogP contribution in [0.5, 0.6) is 0 Å². The smallest absolute Gasteiger partial charge is 0.326 e. The van der Waals surface area contributed by atoms with Crippen molar-refractivity contribution in [2.75, 3.05) is 31.5 Å². The minimum atomic E-state index is -1.00. The van der Waals surface area contributed by atoms with Gasteiger partial charge in [-0.2, -0.15) is 0 Å². The van der Waals surface area contributed by atoms with E-state index < -0.39 is 17.6 Å². The second kappa shape index (κ2) is 14.4. The molecule has 0 spiro atoms. The summed E-state index contributed by atoms with van der Waals surface area (Å²) >= 11 is 0. The molecule has 0 radical (unpaired) electrons. The van der Waals surface area contributed by atoms with Crippen LogP contribution >= 0.6 is 0 Å². The number of pyridine rings is 1. The molecule has 1 aromatic heterocycles. The Bertz CT molecular complexity index is 805. The van der Waals surface area contributed by atoms with Gasteiger partial charge in [0.05, 0.1) is 5.60 Å². The number of hydrogen-bond donors (Lipinski definition) is 4. The molecule has 8 heteroatoms. The topological polar surface area (TPSA) is 115 Å². The largest absolute Gasteiger partial charge is 0.480 e. The number of aliphatic carboxylic acids is 1. The fourth-order valence-electron chi connectivity index (χ4n) is 4.43. The lowest BCUT2D eigenvalue weighted by atomic mass is 10.0. The van der Waals surface area contributed by atoms with Gasteiger partial charge in [0.25, 0.3) is 0 Å². The first-order chi connectivity index (χ1) is 16.6. The normalized spacial score (nSPS) is 14.5. The van der Waals surface area contributed by atoms with E-state index in [1.807, 2.05) is 13.8 Å². The van der Waals surface area contributed by atoms with Gasteiger partial charge in [0, 0.05) is 31.2 Å². The van der Waals surface area contributed by atoms with Crippen molar-refractivity contribution in [3.63, 3.8) is 0 Å². The van der Waals surface area contributed by atoms with E-state index in [2.05, 4.69) is 27.7 Å². The van der Waals surface area contributed by atoms with Gasteiger partial charge in [-0.3, -0.25) is 4.79 Å². The number of rotatable bonds is 16. The molecule has 4 N–H and O–H groups in total. The predicted octanol–water partition coefficient (Wildman–Crippen LogP) is 3.62. The number of aliphatic hydroxyl groups is 1. The quantitative estimate of drug-likeness (QED) is 0.262. The number of aromatic nitrogens is 1. The predicted molar refractivity (Wildman–Crippen MR) is 140 cm³/mol. The first kappa shape index (κ1) is 29.0. The van der Waals surface area contributed by atoms with Crippen molar-refractivity contribution in [2.24, 2.45) is 5.92 Å². The Morgan fingerprint density at radius 1 is 1.17 bits per heavy atom. The summed E-state index contributed by atoms with van der Waals surface area (Å²) in [4.78, 5) is 31.2. The lowest BCUT2D eigenvalue weighted by Crippen LogP contribution is -2.45. The third kappa shape index (κ3) is 10.5. The minimum Gasteiger partial charge on any atom is -0.480 e. The Morgan fingerprint density at radius 3 is 2.57 bits per heavy atom. The summed E-state index contributed by atoms with van der Waals surface area (Å²) in [6.07, 6.45) is 7.41. The molecular formula is C27H46N4O4. The maximum Gasteiger partial charge on any atom is 0.326 e. The van der Waals surface area contributed by atoms with E-state index in [4.69, 9.17) is 4.98 Å². The average molecular weight is 491 g/mol. The lowest BCUT2D eigenvalue weighted by Gasteiger charge is -2.27. The summed E-state index contributed by atoms with van der Waals surface area (Å²) in [5, 5.41) is 26.0. The summed E-state index contributed by atoms with van der Waals surface area (Å²) in [6, 6.07) is 3.40. The zero-order valence-corrected chi connectivity index (χ0v) is 22.1. The fourth-order valence-corrected chi connectivity index (χ4v) is 4.43. The van der Waals surface area contributed by atoms with E-state index in [0.717, 1.165) is 56.7 Å². The number of aryl methyl sites for hydroxylation is 2. The van der Waals surface area contributed by atoms with Crippen molar-refractivity contribution in [3.8, 4) is 0 Å². The molecule has 1 aliphatic rings. The van der Waals surface area contributed by atoms with Gasteiger partial charge >= 0.3 is 5.97 Å². The van der Waals surface area contributed by atoms with Crippen molar-refractivity contribution in [1.82, 2.24) is 15.2 Å². The lowest BCUT2D eigenvalue weighted by molar-refractivity contribution is -0.142. The van der Waals surface area contributed by atoms with E-state index >= 15 is 0 Å². The molecule has 0 saturated heterocycles. The molecule has 1 aromatic rings. The number of carboxylic acids is 1. The maximum atomic E-state index is 12.4. The zero-order valence-electron chi connectivity index (χ0n) is 22.1. The van der Waals surface area contributed by atoms with Crippen LogP contribution in [0.4, 0.5) is 5.82 Å². The molecule has 1 aliphatic heterocycles. The molecule has 0 bridgehead atoms. The van der Waals surface area contributed by atoms with Crippen LogP contribution in [0, 0.1) is 5.92 Å². The Morgan fingerprint density at radius 2 is 1.91 bits per heavy atom. The van der Waals surface area contributed by atoms with Gasteiger partial charge in [0.15, 0.2) is 0 Å². The van der Waals surface area contributed by atoms with Crippen LogP contribution in [-0.2, 0) is 22.4 Å². The molecule has 0 aliphatic carbocycles. The second-order valence-corrected chi connectivity index (χ2v) is 10.4. The van der Waals surface area contributed by atoms with E-state index in [9.17, 15) is 19.8 Å². The molecule has 0 saturated carbocycles. The number of hydrogen-bond acceptors (Lipinski definition) is 6. The molecule has 0 aromatic carbocycles. The fraction of sp³-hybridized carbons (Fsp3) is 0.741. The Balaban J connectivity index is 1.88. The highest BCUT2D eigenvalue weighted by molar-refractivity contribution is 5.84. The van der Waals surface area contributed by atoms with Gasteiger partial charge in [-0.15, -0.1) is 0 Å². The molecule has 1 atom stereocenters. The molecular weight excluding hydrogens is 444 g/mol. The summed E-state index contributed by atoms with van der Waals surface area (Å²) in [7, 11) is 0. The molecule has 35 heavy (non-hydrogen) atoms. The maximum absolute atomic E-state index is 12.4. The van der Waals surface area contributed by atoms with Crippen molar-refractivity contribution in [3.05, 3.63) is 23.4 Å². The second-order valence-electron chi connectivity index (χ2n) is 10.4. The minimum absolute atomic E-state index is 0.157. The number of fused-ring (bicyclic) bond motifs is 1. The highest BCUT2D eigenvalue weighted by Gasteiger charge is 2.24. The molecule has 1 unspecified atom stereocenters.